The van der Waals surface area contributed by atoms with Crippen molar-refractivity contribution >= 4 is 41.1 Å². The molecule has 196 valence electrons. The van der Waals surface area contributed by atoms with Crippen LogP contribution in [0.15, 0.2) is 79.1 Å². The lowest BCUT2D eigenvalue weighted by atomic mass is 9.99. The second-order valence-corrected chi connectivity index (χ2v) is 9.35. The maximum absolute atomic E-state index is 13.3. The summed E-state index contributed by atoms with van der Waals surface area (Å²) in [5.74, 6) is -1.05. The number of nitrogens with zero attached hydrogens (tertiary/aromatic N) is 4. The topological polar surface area (TPSA) is 131 Å². The molecule has 0 unspecified atom stereocenters. The fourth-order valence-electron chi connectivity index (χ4n) is 4.30. The van der Waals surface area contributed by atoms with Crippen LogP contribution in [0.2, 0.25) is 5.02 Å². The Labute approximate surface area is 229 Å². The normalized spacial score (nSPS) is 13.4. The molecular formula is C28H24ClN7O3. The number of anilines is 1. The van der Waals surface area contributed by atoms with E-state index in [2.05, 4.69) is 31.5 Å². The summed E-state index contributed by atoms with van der Waals surface area (Å²) in [6, 6.07) is 18.9. The van der Waals surface area contributed by atoms with Crippen LogP contribution in [0.1, 0.15) is 27.0 Å². The summed E-state index contributed by atoms with van der Waals surface area (Å²) in [7, 11) is 0. The van der Waals surface area contributed by atoms with Crippen LogP contribution in [0.3, 0.4) is 0 Å². The van der Waals surface area contributed by atoms with E-state index in [4.69, 9.17) is 11.6 Å². The Balaban J connectivity index is 1.34. The van der Waals surface area contributed by atoms with Gasteiger partial charge < -0.3 is 16.0 Å². The molecule has 0 aliphatic carbocycles. The summed E-state index contributed by atoms with van der Waals surface area (Å²) in [5.41, 5.74) is 4.06. The molecule has 0 saturated heterocycles. The van der Waals surface area contributed by atoms with E-state index in [-0.39, 0.29) is 12.3 Å². The summed E-state index contributed by atoms with van der Waals surface area (Å²) in [4.78, 5) is 38.6. The van der Waals surface area contributed by atoms with Gasteiger partial charge in [0.05, 0.1) is 5.69 Å². The lowest BCUT2D eigenvalue weighted by molar-refractivity contribution is -0.123. The third-order valence-electron chi connectivity index (χ3n) is 6.22. The number of carbonyl (C=O) groups is 3. The van der Waals surface area contributed by atoms with Crippen molar-refractivity contribution in [1.82, 2.24) is 30.8 Å². The molecule has 3 amide bonds. The van der Waals surface area contributed by atoms with E-state index in [1.54, 1.807) is 36.4 Å². The monoisotopic (exact) mass is 541 g/mol. The maximum Gasteiger partial charge on any atom is 0.251 e. The smallest absolute Gasteiger partial charge is 0.251 e. The predicted octanol–water partition coefficient (Wildman–Crippen LogP) is 2.98. The van der Waals surface area contributed by atoms with Gasteiger partial charge in [-0.05, 0) is 64.4 Å². The summed E-state index contributed by atoms with van der Waals surface area (Å²) in [5, 5.41) is 20.1. The number of rotatable bonds is 8. The van der Waals surface area contributed by atoms with Crippen LogP contribution in [-0.2, 0) is 22.4 Å². The molecule has 10 nitrogen and oxygen atoms in total. The molecule has 0 spiro atoms. The molecule has 0 fully saturated rings. The average molecular weight is 542 g/mol. The number of nitrogens with one attached hydrogen (secondary N) is 3. The van der Waals surface area contributed by atoms with E-state index in [1.807, 2.05) is 36.4 Å². The SMILES string of the molecule is O=C(C=Cc1cc(Cl)ccc1-n1cnnn1)N[C@@H](Cc1ccccc1)C(=O)Nc1ccc2c(c1)C(=O)NCC2. The molecule has 11 heteroatoms. The molecule has 2 heterocycles. The number of hydrogen-bond donors (Lipinski definition) is 3. The van der Waals surface area contributed by atoms with Crippen molar-refractivity contribution in [3.05, 3.63) is 106 Å². The van der Waals surface area contributed by atoms with E-state index < -0.39 is 17.9 Å². The van der Waals surface area contributed by atoms with Crippen molar-refractivity contribution in [3.63, 3.8) is 0 Å². The van der Waals surface area contributed by atoms with Crippen molar-refractivity contribution in [2.75, 3.05) is 11.9 Å². The first kappa shape index (κ1) is 25.8. The molecule has 1 atom stereocenters. The molecule has 1 aliphatic heterocycles. The van der Waals surface area contributed by atoms with Gasteiger partial charge in [-0.2, -0.15) is 4.68 Å². The summed E-state index contributed by atoms with van der Waals surface area (Å²) in [6.45, 7) is 0.586. The standard InChI is InChI=1S/C28H24ClN7O3/c29-21-8-10-25(36-17-31-34-35-36)20(15-21)7-11-26(37)33-24(14-18-4-2-1-3-5-18)28(39)32-22-9-6-19-12-13-30-27(38)23(19)16-22/h1-11,15-17,24H,12-14H2,(H,30,38)(H,32,39)(H,33,37)/t24-/m0/s1. The van der Waals surface area contributed by atoms with Gasteiger partial charge in [-0.25, -0.2) is 0 Å². The van der Waals surface area contributed by atoms with E-state index in [9.17, 15) is 14.4 Å². The van der Waals surface area contributed by atoms with Gasteiger partial charge in [0.1, 0.15) is 12.4 Å². The van der Waals surface area contributed by atoms with Gasteiger partial charge in [0.25, 0.3) is 5.91 Å². The van der Waals surface area contributed by atoms with Crippen molar-refractivity contribution in [2.24, 2.45) is 0 Å². The zero-order valence-corrected chi connectivity index (χ0v) is 21.4. The fourth-order valence-corrected chi connectivity index (χ4v) is 4.48. The van der Waals surface area contributed by atoms with Gasteiger partial charge in [-0.3, -0.25) is 14.4 Å². The first-order valence-electron chi connectivity index (χ1n) is 12.2. The number of hydrogen-bond acceptors (Lipinski definition) is 6. The van der Waals surface area contributed by atoms with Crippen molar-refractivity contribution in [1.29, 1.82) is 0 Å². The Hall–Kier alpha value is -4.83. The van der Waals surface area contributed by atoms with E-state index in [0.29, 0.717) is 34.1 Å². The minimum Gasteiger partial charge on any atom is -0.352 e. The molecule has 4 aromatic rings. The number of amides is 3. The largest absolute Gasteiger partial charge is 0.352 e. The third-order valence-corrected chi connectivity index (χ3v) is 6.45. The van der Waals surface area contributed by atoms with Crippen LogP contribution in [0.4, 0.5) is 5.69 Å². The highest BCUT2D eigenvalue weighted by Crippen LogP contribution is 2.21. The summed E-state index contributed by atoms with van der Waals surface area (Å²) >= 11 is 6.17. The van der Waals surface area contributed by atoms with E-state index in [0.717, 1.165) is 17.5 Å². The highest BCUT2D eigenvalue weighted by molar-refractivity contribution is 6.30. The highest BCUT2D eigenvalue weighted by atomic mass is 35.5. The zero-order valence-electron chi connectivity index (χ0n) is 20.7. The minimum absolute atomic E-state index is 0.173. The highest BCUT2D eigenvalue weighted by Gasteiger charge is 2.22. The first-order chi connectivity index (χ1) is 19.0. The van der Waals surface area contributed by atoms with Gasteiger partial charge in [-0.15, -0.1) is 5.10 Å². The third kappa shape index (κ3) is 6.36. The van der Waals surface area contributed by atoms with Gasteiger partial charge in [0.15, 0.2) is 0 Å². The lowest BCUT2D eigenvalue weighted by Gasteiger charge is -2.20. The van der Waals surface area contributed by atoms with Crippen molar-refractivity contribution in [2.45, 2.75) is 18.9 Å². The Bertz CT molecular complexity index is 1540. The zero-order chi connectivity index (χ0) is 27.2. The van der Waals surface area contributed by atoms with Crippen LogP contribution in [0, 0.1) is 0 Å². The molecule has 0 saturated carbocycles. The minimum atomic E-state index is -0.882. The van der Waals surface area contributed by atoms with Crippen molar-refractivity contribution < 1.29 is 14.4 Å². The molecule has 0 bridgehead atoms. The number of carbonyl (C=O) groups excluding carboxylic acids is 3. The van der Waals surface area contributed by atoms with Crippen LogP contribution in [0.25, 0.3) is 11.8 Å². The van der Waals surface area contributed by atoms with Gasteiger partial charge in [0, 0.05) is 40.9 Å². The second kappa shape index (κ2) is 11.7. The molecule has 1 aromatic heterocycles. The first-order valence-corrected chi connectivity index (χ1v) is 12.6. The number of fused-ring (bicyclic) bond motifs is 1. The van der Waals surface area contributed by atoms with E-state index in [1.165, 1.54) is 17.1 Å². The second-order valence-electron chi connectivity index (χ2n) is 8.91. The average Bonchev–Trinajstić information content (AvgIpc) is 3.47. The summed E-state index contributed by atoms with van der Waals surface area (Å²) < 4.78 is 1.46. The van der Waals surface area contributed by atoms with Gasteiger partial charge in [-0.1, -0.05) is 48.0 Å². The number of halogens is 1. The number of tetrazole rings is 1. The molecule has 1 aliphatic rings. The molecule has 0 radical (unpaired) electrons. The Kier molecular flexibility index (Phi) is 7.74. The van der Waals surface area contributed by atoms with Crippen molar-refractivity contribution in [3.8, 4) is 5.69 Å². The predicted molar refractivity (Wildman–Crippen MR) is 146 cm³/mol. The number of aromatic nitrogens is 4. The fraction of sp³-hybridized carbons (Fsp3) is 0.143. The molecule has 3 N–H and O–H groups in total. The molecule has 3 aromatic carbocycles. The van der Waals surface area contributed by atoms with E-state index >= 15 is 0 Å². The lowest BCUT2D eigenvalue weighted by Crippen LogP contribution is -2.44. The quantitative estimate of drug-likeness (QED) is 0.294. The van der Waals surface area contributed by atoms with Crippen LogP contribution >= 0.6 is 11.6 Å². The maximum atomic E-state index is 13.3. The molecule has 5 rings (SSSR count). The van der Waals surface area contributed by atoms with Gasteiger partial charge in [0.2, 0.25) is 11.8 Å². The van der Waals surface area contributed by atoms with Crippen LogP contribution in [-0.4, -0.2) is 50.5 Å². The van der Waals surface area contributed by atoms with Gasteiger partial charge >= 0.3 is 0 Å². The molecular weight excluding hydrogens is 518 g/mol. The van der Waals surface area contributed by atoms with Crippen LogP contribution < -0.4 is 16.0 Å². The Morgan fingerprint density at radius 3 is 2.74 bits per heavy atom. The Morgan fingerprint density at radius 1 is 1.10 bits per heavy atom. The van der Waals surface area contributed by atoms with Crippen LogP contribution in [0.5, 0.6) is 0 Å². The number of benzene rings is 3. The molecule has 39 heavy (non-hydrogen) atoms. The summed E-state index contributed by atoms with van der Waals surface area (Å²) in [6.07, 6.45) is 5.35. The Morgan fingerprint density at radius 2 is 1.95 bits per heavy atom.